The van der Waals surface area contributed by atoms with Crippen LogP contribution in [0.25, 0.3) is 21.8 Å². The van der Waals surface area contributed by atoms with Crippen molar-refractivity contribution in [3.63, 3.8) is 0 Å². The molecule has 4 aromatic rings. The molecule has 0 amide bonds. The minimum absolute atomic E-state index is 0.118. The Kier molecular flexibility index (Phi) is 3.58. The Morgan fingerprint density at radius 3 is 2.59 bits per heavy atom. The highest BCUT2D eigenvalue weighted by Gasteiger charge is 2.24. The highest BCUT2D eigenvalue weighted by Crippen LogP contribution is 2.34. The van der Waals surface area contributed by atoms with Gasteiger partial charge in [0.25, 0.3) is 0 Å². The maximum Gasteiger partial charge on any atom is 0.185 e. The summed E-state index contributed by atoms with van der Waals surface area (Å²) in [6.45, 7) is 4.31. The second-order valence-electron chi connectivity index (χ2n) is 7.21. The lowest BCUT2D eigenvalue weighted by molar-refractivity contribution is 0.196. The molecule has 5 nitrogen and oxygen atoms in total. The van der Waals surface area contributed by atoms with E-state index in [1.165, 1.54) is 21.9 Å². The van der Waals surface area contributed by atoms with Gasteiger partial charge in [-0.1, -0.05) is 12.1 Å². The summed E-state index contributed by atoms with van der Waals surface area (Å²) >= 11 is 0. The van der Waals surface area contributed by atoms with Crippen LogP contribution < -0.4 is 10.2 Å². The van der Waals surface area contributed by atoms with Crippen LogP contribution in [0.15, 0.2) is 53.5 Å². The quantitative estimate of drug-likeness (QED) is 0.606. The first-order valence-electron chi connectivity index (χ1n) is 9.13. The van der Waals surface area contributed by atoms with Gasteiger partial charge >= 0.3 is 0 Å². The molecule has 0 atom stereocenters. The highest BCUT2D eigenvalue weighted by atomic mass is 16.5. The molecule has 0 fully saturated rings. The minimum atomic E-state index is 0.118. The van der Waals surface area contributed by atoms with Crippen molar-refractivity contribution in [3.8, 4) is 5.75 Å². The lowest BCUT2D eigenvalue weighted by Gasteiger charge is -2.29. The fraction of sp³-hybridized carbons (Fsp3) is 0.227. The number of pyridine rings is 1. The van der Waals surface area contributed by atoms with E-state index >= 15 is 0 Å². The Labute approximate surface area is 156 Å². The molecule has 136 valence electrons. The molecule has 0 aliphatic carbocycles. The maximum absolute atomic E-state index is 12.6. The van der Waals surface area contributed by atoms with Gasteiger partial charge in [0.05, 0.1) is 24.8 Å². The molecule has 1 N–H and O–H groups in total. The number of benzene rings is 2. The van der Waals surface area contributed by atoms with Gasteiger partial charge in [-0.05, 0) is 42.8 Å². The van der Waals surface area contributed by atoms with Gasteiger partial charge in [0.2, 0.25) is 0 Å². The minimum Gasteiger partial charge on any atom is -0.497 e. The van der Waals surface area contributed by atoms with Crippen molar-refractivity contribution in [1.29, 1.82) is 0 Å². The van der Waals surface area contributed by atoms with E-state index in [-0.39, 0.29) is 5.43 Å². The van der Waals surface area contributed by atoms with Crippen molar-refractivity contribution in [3.05, 3.63) is 75.7 Å². The van der Waals surface area contributed by atoms with E-state index in [1.54, 1.807) is 13.2 Å². The second-order valence-corrected chi connectivity index (χ2v) is 7.21. The number of hydrogen-bond donors (Lipinski definition) is 1. The number of aryl methyl sites for hydroxylation is 1. The maximum atomic E-state index is 12.6. The third-order valence-corrected chi connectivity index (χ3v) is 5.52. The zero-order valence-electron chi connectivity index (χ0n) is 15.5. The smallest absolute Gasteiger partial charge is 0.185 e. The summed E-state index contributed by atoms with van der Waals surface area (Å²) in [5.74, 6) is 0.855. The molecule has 1 aliphatic heterocycles. The van der Waals surface area contributed by atoms with Crippen molar-refractivity contribution in [2.45, 2.75) is 26.7 Å². The van der Waals surface area contributed by atoms with Gasteiger partial charge in [-0.15, -0.1) is 0 Å². The molecule has 0 spiro atoms. The van der Waals surface area contributed by atoms with E-state index < -0.39 is 0 Å². The SMILES string of the molecule is COc1ccc(CN2Cc3c(=O)ccc4c5cc[nH]c(C)c5n(c34)C2)cc1. The fourth-order valence-corrected chi connectivity index (χ4v) is 4.28. The molecule has 3 heterocycles. The number of aromatic amines is 1. The predicted molar refractivity (Wildman–Crippen MR) is 107 cm³/mol. The number of methoxy groups -OCH3 is 1. The van der Waals surface area contributed by atoms with Crippen molar-refractivity contribution in [2.75, 3.05) is 7.11 Å². The first-order chi connectivity index (χ1) is 13.2. The largest absolute Gasteiger partial charge is 0.497 e. The van der Waals surface area contributed by atoms with Crippen LogP contribution in [0, 0.1) is 6.92 Å². The number of nitrogens with zero attached hydrogens (tertiary/aromatic N) is 2. The van der Waals surface area contributed by atoms with E-state index in [0.717, 1.165) is 35.7 Å². The van der Waals surface area contributed by atoms with Crippen LogP contribution >= 0.6 is 0 Å². The summed E-state index contributed by atoms with van der Waals surface area (Å²) in [5, 5.41) is 2.37. The lowest BCUT2D eigenvalue weighted by atomic mass is 10.1. The molecule has 0 radical (unpaired) electrons. The van der Waals surface area contributed by atoms with Crippen LogP contribution in [-0.4, -0.2) is 21.6 Å². The lowest BCUT2D eigenvalue weighted by Crippen LogP contribution is -2.32. The van der Waals surface area contributed by atoms with E-state index in [4.69, 9.17) is 4.74 Å². The normalized spacial score (nSPS) is 14.1. The number of rotatable bonds is 3. The zero-order chi connectivity index (χ0) is 18.5. The Bertz CT molecular complexity index is 1220. The second kappa shape index (κ2) is 5.99. The summed E-state index contributed by atoms with van der Waals surface area (Å²) in [6, 6.07) is 13.9. The molecule has 0 saturated carbocycles. The molecule has 2 aromatic heterocycles. The molecule has 0 saturated heterocycles. The highest BCUT2D eigenvalue weighted by molar-refractivity contribution is 6.09. The standard InChI is InChI=1S/C22H21N3O2/c1-14-21-18(9-10-23-14)17-7-8-20(26)19-12-24(13-25(21)22(17)19)11-15-3-5-16(27-2)6-4-15/h3-10,23H,11-13H2,1-2H3. The molecular formula is C22H21N3O2. The van der Waals surface area contributed by atoms with Crippen LogP contribution in [0.5, 0.6) is 5.75 Å². The van der Waals surface area contributed by atoms with Crippen LogP contribution in [-0.2, 0) is 19.8 Å². The average Bonchev–Trinajstić information content (AvgIpc) is 3.01. The van der Waals surface area contributed by atoms with Gasteiger partial charge in [0.15, 0.2) is 5.43 Å². The van der Waals surface area contributed by atoms with Gasteiger partial charge in [-0.25, -0.2) is 0 Å². The van der Waals surface area contributed by atoms with Crippen molar-refractivity contribution < 1.29 is 4.74 Å². The molecule has 5 heteroatoms. The Balaban J connectivity index is 1.62. The predicted octanol–water partition coefficient (Wildman–Crippen LogP) is 3.77. The summed E-state index contributed by atoms with van der Waals surface area (Å²) in [4.78, 5) is 18.3. The van der Waals surface area contributed by atoms with Crippen LogP contribution in [0.2, 0.25) is 0 Å². The third-order valence-electron chi connectivity index (χ3n) is 5.52. The van der Waals surface area contributed by atoms with Crippen LogP contribution in [0.1, 0.15) is 16.8 Å². The number of fused-ring (bicyclic) bond motifs is 3. The average molecular weight is 359 g/mol. The summed E-state index contributed by atoms with van der Waals surface area (Å²) in [6.07, 6.45) is 1.97. The first-order valence-corrected chi connectivity index (χ1v) is 9.13. The molecule has 1 aliphatic rings. The molecular weight excluding hydrogens is 338 g/mol. The molecule has 0 bridgehead atoms. The van der Waals surface area contributed by atoms with Gasteiger partial charge in [-0.2, -0.15) is 0 Å². The van der Waals surface area contributed by atoms with Crippen LogP contribution in [0.4, 0.5) is 0 Å². The number of hydrogen-bond acceptors (Lipinski definition) is 3. The third kappa shape index (κ3) is 2.46. The van der Waals surface area contributed by atoms with Crippen molar-refractivity contribution in [1.82, 2.24) is 14.5 Å². The Morgan fingerprint density at radius 2 is 1.81 bits per heavy atom. The number of ether oxygens (including phenoxy) is 1. The topological polar surface area (TPSA) is 50.3 Å². The van der Waals surface area contributed by atoms with E-state index in [1.807, 2.05) is 24.4 Å². The van der Waals surface area contributed by atoms with Crippen LogP contribution in [0.3, 0.4) is 0 Å². The van der Waals surface area contributed by atoms with Crippen molar-refractivity contribution >= 4 is 21.8 Å². The number of nitrogens with one attached hydrogen (secondary N) is 1. The first kappa shape index (κ1) is 16.1. The summed E-state index contributed by atoms with van der Waals surface area (Å²) < 4.78 is 7.54. The molecule has 0 unspecified atom stereocenters. The van der Waals surface area contributed by atoms with E-state index in [0.29, 0.717) is 6.54 Å². The summed E-state index contributed by atoms with van der Waals surface area (Å²) in [7, 11) is 1.67. The van der Waals surface area contributed by atoms with Gasteiger partial charge in [-0.3, -0.25) is 9.69 Å². The van der Waals surface area contributed by atoms with E-state index in [9.17, 15) is 4.79 Å². The zero-order valence-corrected chi connectivity index (χ0v) is 15.5. The number of aromatic nitrogens is 2. The molecule has 27 heavy (non-hydrogen) atoms. The molecule has 2 aromatic carbocycles. The monoisotopic (exact) mass is 359 g/mol. The summed E-state index contributed by atoms with van der Waals surface area (Å²) in [5.41, 5.74) is 5.60. The Hall–Kier alpha value is -3.05. The van der Waals surface area contributed by atoms with Crippen molar-refractivity contribution in [2.24, 2.45) is 0 Å². The Morgan fingerprint density at radius 1 is 1.04 bits per heavy atom. The number of H-pyrrole nitrogens is 1. The van der Waals surface area contributed by atoms with Gasteiger partial charge in [0, 0.05) is 41.3 Å². The fourth-order valence-electron chi connectivity index (χ4n) is 4.28. The van der Waals surface area contributed by atoms with E-state index in [2.05, 4.69) is 39.6 Å². The molecule has 5 rings (SSSR count). The van der Waals surface area contributed by atoms with Gasteiger partial charge in [0.1, 0.15) is 5.75 Å². The van der Waals surface area contributed by atoms with Gasteiger partial charge < -0.3 is 14.3 Å².